The van der Waals surface area contributed by atoms with E-state index >= 15 is 0 Å². The molecule has 19 heavy (non-hydrogen) atoms. The molecule has 0 bridgehead atoms. The Morgan fingerprint density at radius 3 is 2.47 bits per heavy atom. The highest BCUT2D eigenvalue weighted by atomic mass is 19.4. The predicted octanol–water partition coefficient (Wildman–Crippen LogP) is 2.05. The van der Waals surface area contributed by atoms with Crippen LogP contribution < -0.4 is 5.73 Å². The molecule has 2 heterocycles. The van der Waals surface area contributed by atoms with E-state index in [9.17, 15) is 13.2 Å². The second-order valence-corrected chi connectivity index (χ2v) is 3.77. The maximum atomic E-state index is 12.4. The Kier molecular flexibility index (Phi) is 2.90. The Morgan fingerprint density at radius 1 is 1.37 bits per heavy atom. The third kappa shape index (κ3) is 2.22. The lowest BCUT2D eigenvalue weighted by molar-refractivity contribution is -0.137. The first-order valence-electron chi connectivity index (χ1n) is 5.13. The van der Waals surface area contributed by atoms with E-state index in [1.54, 1.807) is 6.92 Å². The van der Waals surface area contributed by atoms with Crippen LogP contribution in [0.1, 0.15) is 16.8 Å². The van der Waals surface area contributed by atoms with Crippen molar-refractivity contribution in [2.24, 2.45) is 0 Å². The van der Waals surface area contributed by atoms with Crippen LogP contribution in [-0.2, 0) is 6.18 Å². The van der Waals surface area contributed by atoms with Gasteiger partial charge in [-0.25, -0.2) is 4.98 Å². The van der Waals surface area contributed by atoms with E-state index in [1.165, 1.54) is 0 Å². The first kappa shape index (κ1) is 12.9. The van der Waals surface area contributed by atoms with E-state index in [-0.39, 0.29) is 17.2 Å². The third-order valence-electron chi connectivity index (χ3n) is 2.50. The van der Waals surface area contributed by atoms with Gasteiger partial charge in [-0.3, -0.25) is 0 Å². The molecule has 5 nitrogen and oxygen atoms in total. The van der Waals surface area contributed by atoms with Crippen LogP contribution in [0.25, 0.3) is 5.82 Å². The quantitative estimate of drug-likeness (QED) is 0.857. The fourth-order valence-corrected chi connectivity index (χ4v) is 1.54. The van der Waals surface area contributed by atoms with Gasteiger partial charge in [0.15, 0.2) is 5.82 Å². The van der Waals surface area contributed by atoms with Crippen molar-refractivity contribution in [3.05, 3.63) is 35.2 Å². The van der Waals surface area contributed by atoms with E-state index in [0.717, 1.165) is 16.8 Å². The molecule has 0 unspecified atom stereocenters. The second-order valence-electron chi connectivity index (χ2n) is 3.77. The van der Waals surface area contributed by atoms with Gasteiger partial charge in [-0.1, -0.05) is 0 Å². The number of nitrogen functional groups attached to an aromatic ring is 1. The predicted molar refractivity (Wildman–Crippen MR) is 60.2 cm³/mol. The molecule has 0 aliphatic carbocycles. The van der Waals surface area contributed by atoms with Gasteiger partial charge in [-0.05, 0) is 19.1 Å². The van der Waals surface area contributed by atoms with E-state index in [2.05, 4.69) is 10.1 Å². The van der Waals surface area contributed by atoms with Crippen molar-refractivity contribution in [2.75, 3.05) is 5.73 Å². The van der Waals surface area contributed by atoms with E-state index < -0.39 is 11.7 Å². The van der Waals surface area contributed by atoms with Crippen LogP contribution in [0.4, 0.5) is 19.0 Å². The Morgan fingerprint density at radius 2 is 2.05 bits per heavy atom. The molecule has 0 aliphatic rings. The van der Waals surface area contributed by atoms with Crippen LogP contribution in [0.5, 0.6) is 0 Å². The number of nitrogens with two attached hydrogens (primary N) is 1. The highest BCUT2D eigenvalue weighted by Crippen LogP contribution is 2.29. The summed E-state index contributed by atoms with van der Waals surface area (Å²) in [5.74, 6) is 0.169. The maximum absolute atomic E-state index is 12.4. The average molecular weight is 267 g/mol. The van der Waals surface area contributed by atoms with Crippen LogP contribution in [-0.4, -0.2) is 14.8 Å². The fraction of sp³-hybridized carbons (Fsp3) is 0.182. The Balaban J connectivity index is 2.47. The summed E-state index contributed by atoms with van der Waals surface area (Å²) in [6.45, 7) is 1.58. The van der Waals surface area contributed by atoms with Crippen molar-refractivity contribution < 1.29 is 13.2 Å². The molecule has 0 saturated heterocycles. The lowest BCUT2D eigenvalue weighted by Gasteiger charge is -2.07. The monoisotopic (exact) mass is 267 g/mol. The summed E-state index contributed by atoms with van der Waals surface area (Å²) < 4.78 is 38.3. The molecular weight excluding hydrogens is 259 g/mol. The molecule has 2 aromatic heterocycles. The first-order valence-corrected chi connectivity index (χ1v) is 5.13. The van der Waals surface area contributed by atoms with Gasteiger partial charge in [-0.2, -0.15) is 28.2 Å². The average Bonchev–Trinajstić information content (AvgIpc) is 2.63. The van der Waals surface area contributed by atoms with E-state index in [1.807, 2.05) is 6.07 Å². The molecule has 98 valence electrons. The molecule has 0 radical (unpaired) electrons. The summed E-state index contributed by atoms with van der Waals surface area (Å²) in [6.07, 6.45) is -3.76. The number of alkyl halides is 3. The Labute approximate surface area is 106 Å². The number of hydrogen-bond acceptors (Lipinski definition) is 4. The van der Waals surface area contributed by atoms with Crippen molar-refractivity contribution in [1.82, 2.24) is 14.8 Å². The SMILES string of the molecule is Cc1nn(-c2ccc(C(F)(F)F)cn2)c(N)c1C#N. The summed E-state index contributed by atoms with van der Waals surface area (Å²) in [4.78, 5) is 3.66. The lowest BCUT2D eigenvalue weighted by Crippen LogP contribution is -2.08. The summed E-state index contributed by atoms with van der Waals surface area (Å²) in [7, 11) is 0. The van der Waals surface area contributed by atoms with Crippen molar-refractivity contribution >= 4 is 5.82 Å². The standard InChI is InChI=1S/C11H8F3N5/c1-6-8(4-15)10(16)19(18-6)9-3-2-7(5-17-9)11(12,13)14/h2-3,5H,16H2,1H3. The van der Waals surface area contributed by atoms with Crippen molar-refractivity contribution in [2.45, 2.75) is 13.1 Å². The van der Waals surface area contributed by atoms with Crippen LogP contribution in [0.3, 0.4) is 0 Å². The number of aromatic nitrogens is 3. The van der Waals surface area contributed by atoms with Crippen LogP contribution in [0, 0.1) is 18.3 Å². The number of nitriles is 1. The smallest absolute Gasteiger partial charge is 0.382 e. The molecule has 0 atom stereocenters. The Hall–Kier alpha value is -2.56. The molecule has 0 saturated carbocycles. The minimum absolute atomic E-state index is 0.0484. The number of aryl methyl sites for hydroxylation is 1. The number of anilines is 1. The number of rotatable bonds is 1. The maximum Gasteiger partial charge on any atom is 0.417 e. The van der Waals surface area contributed by atoms with Crippen LogP contribution in [0.15, 0.2) is 18.3 Å². The first-order chi connectivity index (χ1) is 8.84. The molecule has 0 spiro atoms. The highest BCUT2D eigenvalue weighted by molar-refractivity contribution is 5.54. The molecule has 2 rings (SSSR count). The number of pyridine rings is 1. The van der Waals surface area contributed by atoms with Gasteiger partial charge in [0.25, 0.3) is 0 Å². The van der Waals surface area contributed by atoms with E-state index in [4.69, 9.17) is 11.0 Å². The zero-order valence-corrected chi connectivity index (χ0v) is 9.73. The van der Waals surface area contributed by atoms with Gasteiger partial charge in [-0.15, -0.1) is 0 Å². The molecule has 0 fully saturated rings. The number of halogens is 3. The molecule has 2 N–H and O–H groups in total. The molecular formula is C11H8F3N5. The second kappa shape index (κ2) is 4.28. The van der Waals surface area contributed by atoms with Gasteiger partial charge < -0.3 is 5.73 Å². The fourth-order valence-electron chi connectivity index (χ4n) is 1.54. The molecule has 8 heteroatoms. The topological polar surface area (TPSA) is 80.5 Å². The van der Waals surface area contributed by atoms with E-state index in [0.29, 0.717) is 11.9 Å². The molecule has 0 amide bonds. The zero-order chi connectivity index (χ0) is 14.2. The van der Waals surface area contributed by atoms with Crippen molar-refractivity contribution in [3.63, 3.8) is 0 Å². The largest absolute Gasteiger partial charge is 0.417 e. The number of nitrogens with zero attached hydrogens (tertiary/aromatic N) is 4. The van der Waals surface area contributed by atoms with Gasteiger partial charge >= 0.3 is 6.18 Å². The van der Waals surface area contributed by atoms with Gasteiger partial charge in [0.05, 0.1) is 11.3 Å². The van der Waals surface area contributed by atoms with Crippen LogP contribution in [0.2, 0.25) is 0 Å². The van der Waals surface area contributed by atoms with Gasteiger partial charge in [0.1, 0.15) is 17.5 Å². The minimum Gasteiger partial charge on any atom is -0.382 e. The molecule has 0 aliphatic heterocycles. The summed E-state index contributed by atoms with van der Waals surface area (Å²) >= 11 is 0. The molecule has 0 aromatic carbocycles. The highest BCUT2D eigenvalue weighted by Gasteiger charge is 2.30. The van der Waals surface area contributed by atoms with Crippen LogP contribution >= 0.6 is 0 Å². The third-order valence-corrected chi connectivity index (χ3v) is 2.50. The lowest BCUT2D eigenvalue weighted by atomic mass is 10.2. The Bertz CT molecular complexity index is 649. The summed E-state index contributed by atoms with van der Waals surface area (Å²) in [5.41, 5.74) is 5.40. The van der Waals surface area contributed by atoms with Gasteiger partial charge in [0.2, 0.25) is 0 Å². The summed E-state index contributed by atoms with van der Waals surface area (Å²) in [6, 6.07) is 3.90. The minimum atomic E-state index is -4.45. The van der Waals surface area contributed by atoms with Crippen molar-refractivity contribution in [3.8, 4) is 11.9 Å². The number of hydrogen-bond donors (Lipinski definition) is 1. The zero-order valence-electron chi connectivity index (χ0n) is 9.73. The molecule has 2 aromatic rings. The van der Waals surface area contributed by atoms with Crippen molar-refractivity contribution in [1.29, 1.82) is 5.26 Å². The normalized spacial score (nSPS) is 11.3. The van der Waals surface area contributed by atoms with Gasteiger partial charge in [0, 0.05) is 6.20 Å². The summed E-state index contributed by atoms with van der Waals surface area (Å²) in [5, 5.41) is 12.8.